The summed E-state index contributed by atoms with van der Waals surface area (Å²) in [6, 6.07) is 7.48. The normalized spacial score (nSPS) is 11.2. The quantitative estimate of drug-likeness (QED) is 0.815. The van der Waals surface area contributed by atoms with Gasteiger partial charge in [0.05, 0.1) is 0 Å². The molecule has 1 amide bonds. The number of hydrogen-bond acceptors (Lipinski definition) is 2. The van der Waals surface area contributed by atoms with Crippen molar-refractivity contribution in [2.75, 3.05) is 13.2 Å². The highest BCUT2D eigenvalue weighted by molar-refractivity contribution is 6.32. The van der Waals surface area contributed by atoms with Gasteiger partial charge in [0.2, 0.25) is 5.91 Å². The molecule has 1 N–H and O–H groups in total. The van der Waals surface area contributed by atoms with E-state index in [1.165, 1.54) is 6.08 Å². The average Bonchev–Trinajstić information content (AvgIpc) is 2.38. The van der Waals surface area contributed by atoms with Gasteiger partial charge in [0.15, 0.2) is 0 Å². The highest BCUT2D eigenvalue weighted by Gasteiger charge is 2.13. The molecule has 1 aromatic carbocycles. The maximum absolute atomic E-state index is 12.1. The van der Waals surface area contributed by atoms with E-state index >= 15 is 0 Å². The summed E-state index contributed by atoms with van der Waals surface area (Å²) in [7, 11) is 0. The third kappa shape index (κ3) is 5.05. The first-order valence-corrected chi connectivity index (χ1v) is 6.78. The van der Waals surface area contributed by atoms with Crippen molar-refractivity contribution in [1.29, 1.82) is 0 Å². The number of halogens is 1. The van der Waals surface area contributed by atoms with Crippen LogP contribution in [0.3, 0.4) is 0 Å². The molecule has 4 heteroatoms. The Balaban J connectivity index is 2.73. The molecule has 0 atom stereocenters. The first-order valence-electron chi connectivity index (χ1n) is 6.40. The summed E-state index contributed by atoms with van der Waals surface area (Å²) in [5, 5.41) is 9.47. The van der Waals surface area contributed by atoms with Gasteiger partial charge in [0.1, 0.15) is 0 Å². The first kappa shape index (κ1) is 15.7. The Bertz CT molecular complexity index is 444. The fourth-order valence-corrected chi connectivity index (χ4v) is 1.93. The Labute approximate surface area is 119 Å². The van der Waals surface area contributed by atoms with Crippen molar-refractivity contribution in [2.24, 2.45) is 0 Å². The van der Waals surface area contributed by atoms with E-state index in [2.05, 4.69) is 0 Å². The Morgan fingerprint density at radius 3 is 2.68 bits per heavy atom. The zero-order valence-corrected chi connectivity index (χ0v) is 12.1. The third-order valence-corrected chi connectivity index (χ3v) is 3.12. The van der Waals surface area contributed by atoms with Crippen molar-refractivity contribution >= 4 is 23.6 Å². The van der Waals surface area contributed by atoms with Gasteiger partial charge in [-0.15, -0.1) is 0 Å². The smallest absolute Gasteiger partial charge is 0.246 e. The topological polar surface area (TPSA) is 40.5 Å². The molecule has 3 nitrogen and oxygen atoms in total. The zero-order chi connectivity index (χ0) is 14.3. The predicted molar refractivity (Wildman–Crippen MR) is 79.0 cm³/mol. The van der Waals surface area contributed by atoms with E-state index in [1.807, 2.05) is 32.0 Å². The van der Waals surface area contributed by atoms with E-state index in [1.54, 1.807) is 17.0 Å². The Kier molecular flexibility index (Phi) is 6.60. The molecule has 104 valence electrons. The van der Waals surface area contributed by atoms with Crippen LogP contribution in [0.4, 0.5) is 0 Å². The Morgan fingerprint density at radius 1 is 1.42 bits per heavy atom. The molecular formula is C15H20ClNO2. The van der Waals surface area contributed by atoms with E-state index < -0.39 is 0 Å². The summed E-state index contributed by atoms with van der Waals surface area (Å²) in [6.45, 7) is 4.56. The lowest BCUT2D eigenvalue weighted by Crippen LogP contribution is -2.36. The number of hydrogen-bond donors (Lipinski definition) is 1. The molecule has 0 fully saturated rings. The average molecular weight is 282 g/mol. The Morgan fingerprint density at radius 2 is 2.11 bits per heavy atom. The molecule has 0 aliphatic carbocycles. The van der Waals surface area contributed by atoms with E-state index in [0.717, 1.165) is 5.56 Å². The number of benzene rings is 1. The minimum atomic E-state index is -0.0663. The van der Waals surface area contributed by atoms with E-state index in [-0.39, 0.29) is 18.6 Å². The predicted octanol–water partition coefficient (Wildman–Crippen LogP) is 2.97. The van der Waals surface area contributed by atoms with Crippen molar-refractivity contribution < 1.29 is 9.90 Å². The number of nitrogens with zero attached hydrogens (tertiary/aromatic N) is 1. The minimum Gasteiger partial charge on any atom is -0.396 e. The van der Waals surface area contributed by atoms with Crippen LogP contribution in [0.2, 0.25) is 5.02 Å². The SMILES string of the molecule is CC(C)N(CCCO)C(=O)/C=C/c1ccccc1Cl. The van der Waals surface area contributed by atoms with Gasteiger partial charge in [0.25, 0.3) is 0 Å². The molecular weight excluding hydrogens is 262 g/mol. The third-order valence-electron chi connectivity index (χ3n) is 2.77. The number of amides is 1. The highest BCUT2D eigenvalue weighted by Crippen LogP contribution is 2.16. The Hall–Kier alpha value is -1.32. The lowest BCUT2D eigenvalue weighted by atomic mass is 10.2. The van der Waals surface area contributed by atoms with Crippen molar-refractivity contribution in [1.82, 2.24) is 4.90 Å². The van der Waals surface area contributed by atoms with Crippen LogP contribution in [0.15, 0.2) is 30.3 Å². The molecule has 0 spiro atoms. The maximum atomic E-state index is 12.1. The van der Waals surface area contributed by atoms with Crippen LogP contribution < -0.4 is 0 Å². The van der Waals surface area contributed by atoms with E-state index in [9.17, 15) is 4.79 Å². The van der Waals surface area contributed by atoms with Gasteiger partial charge < -0.3 is 10.0 Å². The van der Waals surface area contributed by atoms with E-state index in [4.69, 9.17) is 16.7 Å². The highest BCUT2D eigenvalue weighted by atomic mass is 35.5. The van der Waals surface area contributed by atoms with Crippen molar-refractivity contribution in [3.8, 4) is 0 Å². The zero-order valence-electron chi connectivity index (χ0n) is 11.3. The summed E-state index contributed by atoms with van der Waals surface area (Å²) in [5.74, 6) is -0.0663. The summed E-state index contributed by atoms with van der Waals surface area (Å²) in [4.78, 5) is 13.8. The number of carbonyl (C=O) groups is 1. The summed E-state index contributed by atoms with van der Waals surface area (Å²) < 4.78 is 0. The van der Waals surface area contributed by atoms with Gasteiger partial charge in [-0.2, -0.15) is 0 Å². The van der Waals surface area contributed by atoms with Crippen LogP contribution >= 0.6 is 11.6 Å². The van der Waals surface area contributed by atoms with Crippen LogP contribution in [-0.2, 0) is 4.79 Å². The molecule has 0 heterocycles. The molecule has 0 aliphatic rings. The molecule has 19 heavy (non-hydrogen) atoms. The van der Waals surface area contributed by atoms with Gasteiger partial charge in [-0.25, -0.2) is 0 Å². The summed E-state index contributed by atoms with van der Waals surface area (Å²) in [5.41, 5.74) is 0.823. The molecule has 1 aromatic rings. The van der Waals surface area contributed by atoms with Gasteiger partial charge in [0, 0.05) is 30.3 Å². The molecule has 0 radical (unpaired) electrons. The minimum absolute atomic E-state index is 0.0663. The lowest BCUT2D eigenvalue weighted by Gasteiger charge is -2.25. The van der Waals surface area contributed by atoms with Gasteiger partial charge in [-0.3, -0.25) is 4.79 Å². The second kappa shape index (κ2) is 7.97. The number of carbonyl (C=O) groups excluding carboxylic acids is 1. The standard InChI is InChI=1S/C15H20ClNO2/c1-12(2)17(10-5-11-18)15(19)9-8-13-6-3-4-7-14(13)16/h3-4,6-9,12,18H,5,10-11H2,1-2H3/b9-8+. The van der Waals surface area contributed by atoms with Crippen LogP contribution in [0, 0.1) is 0 Å². The van der Waals surface area contributed by atoms with Crippen molar-refractivity contribution in [3.05, 3.63) is 40.9 Å². The van der Waals surface area contributed by atoms with Crippen LogP contribution in [0.25, 0.3) is 6.08 Å². The largest absolute Gasteiger partial charge is 0.396 e. The fraction of sp³-hybridized carbons (Fsp3) is 0.400. The van der Waals surface area contributed by atoms with Gasteiger partial charge in [-0.1, -0.05) is 29.8 Å². The molecule has 0 aliphatic heterocycles. The van der Waals surface area contributed by atoms with Crippen LogP contribution in [0.1, 0.15) is 25.8 Å². The van der Waals surface area contributed by atoms with Crippen molar-refractivity contribution in [2.45, 2.75) is 26.3 Å². The fourth-order valence-electron chi connectivity index (χ4n) is 1.73. The number of rotatable bonds is 6. The lowest BCUT2D eigenvalue weighted by molar-refractivity contribution is -0.127. The molecule has 0 unspecified atom stereocenters. The maximum Gasteiger partial charge on any atom is 0.246 e. The molecule has 0 saturated carbocycles. The van der Waals surface area contributed by atoms with E-state index in [0.29, 0.717) is 18.0 Å². The second-order valence-corrected chi connectivity index (χ2v) is 4.96. The van der Waals surface area contributed by atoms with Gasteiger partial charge in [-0.05, 0) is 38.0 Å². The molecule has 0 saturated heterocycles. The van der Waals surface area contributed by atoms with Crippen LogP contribution in [0.5, 0.6) is 0 Å². The van der Waals surface area contributed by atoms with Crippen LogP contribution in [-0.4, -0.2) is 35.1 Å². The van der Waals surface area contributed by atoms with Gasteiger partial charge >= 0.3 is 0 Å². The number of aliphatic hydroxyl groups is 1. The summed E-state index contributed by atoms with van der Waals surface area (Å²) >= 11 is 6.02. The van der Waals surface area contributed by atoms with Crippen molar-refractivity contribution in [3.63, 3.8) is 0 Å². The molecule has 0 bridgehead atoms. The second-order valence-electron chi connectivity index (χ2n) is 4.56. The summed E-state index contributed by atoms with van der Waals surface area (Å²) in [6.07, 6.45) is 3.83. The monoisotopic (exact) mass is 281 g/mol. The molecule has 0 aromatic heterocycles. The molecule has 1 rings (SSSR count). The number of aliphatic hydroxyl groups excluding tert-OH is 1. The first-order chi connectivity index (χ1) is 9.06.